The molecule has 1 aromatic heterocycles. The predicted octanol–water partition coefficient (Wildman–Crippen LogP) is 2.83. The number of amides is 1. The molecule has 1 unspecified atom stereocenters. The van der Waals surface area contributed by atoms with Crippen molar-refractivity contribution in [3.8, 4) is 11.5 Å². The minimum Gasteiger partial charge on any atom is -0.493 e. The molecule has 0 aliphatic rings. The van der Waals surface area contributed by atoms with E-state index in [2.05, 4.69) is 15.2 Å². The molecule has 0 saturated carbocycles. The van der Waals surface area contributed by atoms with Gasteiger partial charge in [-0.25, -0.2) is 0 Å². The Labute approximate surface area is 138 Å². The van der Waals surface area contributed by atoms with E-state index >= 15 is 0 Å². The number of aryl methyl sites for hydroxylation is 1. The van der Waals surface area contributed by atoms with Crippen LogP contribution in [0.5, 0.6) is 11.5 Å². The Kier molecular flexibility index (Phi) is 5.38. The summed E-state index contributed by atoms with van der Waals surface area (Å²) < 4.78 is 36.0. The van der Waals surface area contributed by atoms with Gasteiger partial charge >= 0.3 is 6.61 Å². The number of methoxy groups -OCH3 is 1. The average molecular weight is 339 g/mol. The van der Waals surface area contributed by atoms with Gasteiger partial charge in [-0.3, -0.25) is 9.48 Å². The monoisotopic (exact) mass is 339 g/mol. The molecule has 1 heterocycles. The molecule has 0 bridgehead atoms. The number of hydrogen-bond donors (Lipinski definition) is 1. The maximum Gasteiger partial charge on any atom is 0.387 e. The Morgan fingerprint density at radius 2 is 2.04 bits per heavy atom. The fourth-order valence-electron chi connectivity index (χ4n) is 2.30. The first kappa shape index (κ1) is 17.7. The number of carbonyl (C=O) groups excluding carboxylic acids is 1. The highest BCUT2D eigenvalue weighted by Gasteiger charge is 2.18. The highest BCUT2D eigenvalue weighted by Crippen LogP contribution is 2.29. The van der Waals surface area contributed by atoms with Gasteiger partial charge in [0.05, 0.1) is 19.3 Å². The molecule has 6 nitrogen and oxygen atoms in total. The zero-order valence-corrected chi connectivity index (χ0v) is 13.8. The average Bonchev–Trinajstić information content (AvgIpc) is 2.86. The zero-order valence-electron chi connectivity index (χ0n) is 13.8. The van der Waals surface area contributed by atoms with E-state index in [1.807, 2.05) is 20.9 Å². The Balaban J connectivity index is 2.18. The lowest BCUT2D eigenvalue weighted by Crippen LogP contribution is -2.27. The summed E-state index contributed by atoms with van der Waals surface area (Å²) in [6.07, 6.45) is 1.68. The van der Waals surface area contributed by atoms with Crippen LogP contribution in [0.2, 0.25) is 0 Å². The van der Waals surface area contributed by atoms with Crippen LogP contribution in [0.4, 0.5) is 8.78 Å². The Morgan fingerprint density at radius 1 is 1.33 bits per heavy atom. The number of alkyl halides is 2. The Hall–Kier alpha value is -2.64. The van der Waals surface area contributed by atoms with Crippen LogP contribution in [0.25, 0.3) is 0 Å². The van der Waals surface area contributed by atoms with Gasteiger partial charge in [0.25, 0.3) is 5.91 Å². The zero-order chi connectivity index (χ0) is 17.9. The second kappa shape index (κ2) is 7.29. The highest BCUT2D eigenvalue weighted by atomic mass is 19.3. The standard InChI is InChI=1S/C16H19F2N3O3/c1-9(12-8-19-21(3)10(12)2)20-15(22)11-5-6-13(23-4)14(7-11)24-16(17)18/h5-9,16H,1-4H3,(H,20,22). The van der Waals surface area contributed by atoms with Gasteiger partial charge in [-0.05, 0) is 32.0 Å². The molecule has 2 aromatic rings. The topological polar surface area (TPSA) is 65.4 Å². The van der Waals surface area contributed by atoms with Crippen molar-refractivity contribution >= 4 is 5.91 Å². The minimum absolute atomic E-state index is 0.128. The molecule has 1 N–H and O–H groups in total. The third kappa shape index (κ3) is 3.81. The molecule has 0 spiro atoms. The molecule has 1 amide bonds. The number of halogens is 2. The van der Waals surface area contributed by atoms with E-state index in [0.29, 0.717) is 0 Å². The molecule has 8 heteroatoms. The first-order chi connectivity index (χ1) is 11.3. The number of aromatic nitrogens is 2. The lowest BCUT2D eigenvalue weighted by Gasteiger charge is -2.15. The molecule has 24 heavy (non-hydrogen) atoms. The normalized spacial score (nSPS) is 12.1. The Morgan fingerprint density at radius 3 is 2.58 bits per heavy atom. The molecule has 1 aromatic carbocycles. The first-order valence-corrected chi connectivity index (χ1v) is 7.25. The molecule has 1 atom stereocenters. The molecule has 0 saturated heterocycles. The van der Waals surface area contributed by atoms with Gasteiger partial charge in [0.2, 0.25) is 0 Å². The molecular formula is C16H19F2N3O3. The summed E-state index contributed by atoms with van der Waals surface area (Å²) >= 11 is 0. The van der Waals surface area contributed by atoms with Crippen molar-refractivity contribution in [1.29, 1.82) is 0 Å². The fourth-order valence-corrected chi connectivity index (χ4v) is 2.30. The van der Waals surface area contributed by atoms with E-state index < -0.39 is 12.5 Å². The van der Waals surface area contributed by atoms with E-state index in [4.69, 9.17) is 4.74 Å². The lowest BCUT2D eigenvalue weighted by molar-refractivity contribution is -0.0512. The summed E-state index contributed by atoms with van der Waals surface area (Å²) in [6, 6.07) is 3.83. The summed E-state index contributed by atoms with van der Waals surface area (Å²) in [5.41, 5.74) is 2.00. The van der Waals surface area contributed by atoms with Crippen molar-refractivity contribution < 1.29 is 23.0 Å². The van der Waals surface area contributed by atoms with Gasteiger partial charge < -0.3 is 14.8 Å². The van der Waals surface area contributed by atoms with Crippen LogP contribution in [0.3, 0.4) is 0 Å². The number of carbonyl (C=O) groups is 1. The first-order valence-electron chi connectivity index (χ1n) is 7.25. The van der Waals surface area contributed by atoms with Gasteiger partial charge in [0.15, 0.2) is 11.5 Å². The number of hydrogen-bond acceptors (Lipinski definition) is 4. The van der Waals surface area contributed by atoms with Crippen LogP contribution in [0, 0.1) is 6.92 Å². The number of benzene rings is 1. The largest absolute Gasteiger partial charge is 0.493 e. The van der Waals surface area contributed by atoms with Gasteiger partial charge in [-0.15, -0.1) is 0 Å². The van der Waals surface area contributed by atoms with E-state index in [1.54, 1.807) is 10.9 Å². The second-order valence-corrected chi connectivity index (χ2v) is 5.25. The van der Waals surface area contributed by atoms with Crippen LogP contribution in [0.15, 0.2) is 24.4 Å². The van der Waals surface area contributed by atoms with Gasteiger partial charge in [0.1, 0.15) is 0 Å². The van der Waals surface area contributed by atoms with Crippen molar-refractivity contribution in [2.24, 2.45) is 7.05 Å². The maximum atomic E-state index is 12.5. The molecular weight excluding hydrogens is 320 g/mol. The van der Waals surface area contributed by atoms with Crippen molar-refractivity contribution in [1.82, 2.24) is 15.1 Å². The summed E-state index contributed by atoms with van der Waals surface area (Å²) in [7, 11) is 3.14. The van der Waals surface area contributed by atoms with Crippen molar-refractivity contribution in [3.05, 3.63) is 41.2 Å². The summed E-state index contributed by atoms with van der Waals surface area (Å²) in [5, 5.41) is 6.94. The second-order valence-electron chi connectivity index (χ2n) is 5.25. The summed E-state index contributed by atoms with van der Waals surface area (Å²) in [6.45, 7) is 0.712. The van der Waals surface area contributed by atoms with Gasteiger partial charge in [-0.1, -0.05) is 0 Å². The third-order valence-corrected chi connectivity index (χ3v) is 3.73. The summed E-state index contributed by atoms with van der Waals surface area (Å²) in [4.78, 5) is 12.4. The lowest BCUT2D eigenvalue weighted by atomic mass is 10.1. The molecule has 0 fully saturated rings. The smallest absolute Gasteiger partial charge is 0.387 e. The van der Waals surface area contributed by atoms with Crippen LogP contribution in [-0.4, -0.2) is 29.4 Å². The van der Waals surface area contributed by atoms with Gasteiger partial charge in [0, 0.05) is 23.9 Å². The highest BCUT2D eigenvalue weighted by molar-refractivity contribution is 5.95. The van der Waals surface area contributed by atoms with Crippen LogP contribution in [0.1, 0.15) is 34.6 Å². The number of nitrogens with one attached hydrogen (secondary N) is 1. The third-order valence-electron chi connectivity index (χ3n) is 3.73. The Bertz CT molecular complexity index is 731. The molecule has 0 aliphatic carbocycles. The maximum absolute atomic E-state index is 12.5. The molecule has 0 radical (unpaired) electrons. The van der Waals surface area contributed by atoms with E-state index in [9.17, 15) is 13.6 Å². The fraction of sp³-hybridized carbons (Fsp3) is 0.375. The van der Waals surface area contributed by atoms with E-state index in [1.165, 1.54) is 25.3 Å². The van der Waals surface area contributed by atoms with E-state index in [0.717, 1.165) is 11.3 Å². The van der Waals surface area contributed by atoms with Crippen LogP contribution < -0.4 is 14.8 Å². The minimum atomic E-state index is -3.01. The molecule has 2 rings (SSSR count). The van der Waals surface area contributed by atoms with Gasteiger partial charge in [-0.2, -0.15) is 13.9 Å². The van der Waals surface area contributed by atoms with Crippen molar-refractivity contribution in [2.75, 3.05) is 7.11 Å². The summed E-state index contributed by atoms with van der Waals surface area (Å²) in [5.74, 6) is -0.471. The van der Waals surface area contributed by atoms with Crippen LogP contribution >= 0.6 is 0 Å². The van der Waals surface area contributed by atoms with E-state index in [-0.39, 0.29) is 23.1 Å². The van der Waals surface area contributed by atoms with Crippen molar-refractivity contribution in [2.45, 2.75) is 26.5 Å². The molecule has 0 aliphatic heterocycles. The number of rotatable bonds is 6. The van der Waals surface area contributed by atoms with Crippen molar-refractivity contribution in [3.63, 3.8) is 0 Å². The predicted molar refractivity (Wildman–Crippen MR) is 83.5 cm³/mol. The molecule has 130 valence electrons. The number of nitrogens with zero attached hydrogens (tertiary/aromatic N) is 2. The van der Waals surface area contributed by atoms with Crippen LogP contribution in [-0.2, 0) is 7.05 Å². The SMILES string of the molecule is COc1ccc(C(=O)NC(C)c2cnn(C)c2C)cc1OC(F)F. The quantitative estimate of drug-likeness (QED) is 0.879. The number of ether oxygens (including phenoxy) is 2.